The summed E-state index contributed by atoms with van der Waals surface area (Å²) in [6.07, 6.45) is 0. The van der Waals surface area contributed by atoms with E-state index in [0.29, 0.717) is 11.1 Å². The van der Waals surface area contributed by atoms with Gasteiger partial charge < -0.3 is 4.52 Å². The van der Waals surface area contributed by atoms with Crippen molar-refractivity contribution in [3.8, 4) is 22.6 Å². The van der Waals surface area contributed by atoms with E-state index in [2.05, 4.69) is 5.16 Å². The maximum atomic E-state index is 14.0. The highest BCUT2D eigenvalue weighted by Gasteiger charge is 2.30. The first-order valence-electron chi connectivity index (χ1n) is 7.53. The predicted octanol–water partition coefficient (Wildman–Crippen LogP) is 4.82. The topological polar surface area (TPSA) is 60.2 Å². The third-order valence-electron chi connectivity index (χ3n) is 3.95. The lowest BCUT2D eigenvalue weighted by molar-refractivity contribution is 0.433. The summed E-state index contributed by atoms with van der Waals surface area (Å²) in [6, 6.07) is 21.4. The Labute approximate surface area is 143 Å². The van der Waals surface area contributed by atoms with Gasteiger partial charge in [-0.1, -0.05) is 71.9 Å². The molecule has 0 N–H and O–H groups in total. The number of hydrogen-bond acceptors (Lipinski definition) is 4. The lowest BCUT2D eigenvalue weighted by Gasteiger charge is -2.03. The average Bonchev–Trinajstić information content (AvgIpc) is 3.07. The molecule has 0 saturated heterocycles. The number of nitrogens with zero attached hydrogens (tertiary/aromatic N) is 1. The molecular formula is C19H12FNO3S. The second-order valence-corrected chi connectivity index (χ2v) is 6.84. The van der Waals surface area contributed by atoms with Crippen molar-refractivity contribution in [3.05, 3.63) is 72.8 Å². The predicted molar refractivity (Wildman–Crippen MR) is 93.2 cm³/mol. The minimum Gasteiger partial charge on any atom is -0.354 e. The fraction of sp³-hybridized carbons (Fsp3) is 0. The maximum Gasteiger partial charge on any atom is 0.338 e. The molecule has 4 nitrogen and oxygen atoms in total. The molecular weight excluding hydrogens is 341 g/mol. The molecule has 3 aromatic carbocycles. The quantitative estimate of drug-likeness (QED) is 0.496. The lowest BCUT2D eigenvalue weighted by atomic mass is 10.0. The number of halogens is 1. The molecule has 0 spiro atoms. The summed E-state index contributed by atoms with van der Waals surface area (Å²) in [6.45, 7) is 0. The van der Waals surface area contributed by atoms with Gasteiger partial charge in [-0.05, 0) is 16.8 Å². The third kappa shape index (κ3) is 2.81. The Morgan fingerprint density at radius 1 is 0.800 bits per heavy atom. The summed E-state index contributed by atoms with van der Waals surface area (Å²) in [5, 5.41) is 5.73. The van der Waals surface area contributed by atoms with Crippen molar-refractivity contribution >= 4 is 21.0 Å². The van der Waals surface area contributed by atoms with Crippen LogP contribution in [0, 0.1) is 0 Å². The van der Waals surface area contributed by atoms with Gasteiger partial charge in [-0.25, -0.2) is 0 Å². The van der Waals surface area contributed by atoms with Crippen LogP contribution in [0.5, 0.6) is 0 Å². The molecule has 4 aromatic rings. The molecule has 0 saturated carbocycles. The minimum atomic E-state index is -5.03. The van der Waals surface area contributed by atoms with Crippen LogP contribution in [0.25, 0.3) is 33.4 Å². The lowest BCUT2D eigenvalue weighted by Crippen LogP contribution is -1.96. The van der Waals surface area contributed by atoms with Gasteiger partial charge in [-0.2, -0.15) is 8.42 Å². The van der Waals surface area contributed by atoms with E-state index < -0.39 is 15.1 Å². The first-order valence-corrected chi connectivity index (χ1v) is 8.91. The van der Waals surface area contributed by atoms with E-state index in [1.165, 1.54) is 0 Å². The molecule has 124 valence electrons. The smallest absolute Gasteiger partial charge is 0.338 e. The van der Waals surface area contributed by atoms with Gasteiger partial charge in [0.2, 0.25) is 0 Å². The second-order valence-electron chi connectivity index (χ2n) is 5.56. The van der Waals surface area contributed by atoms with Crippen LogP contribution in [0.4, 0.5) is 3.89 Å². The zero-order valence-corrected chi connectivity index (χ0v) is 13.7. The summed E-state index contributed by atoms with van der Waals surface area (Å²) in [5.74, 6) is -0.105. The Hall–Kier alpha value is -2.99. The Balaban J connectivity index is 1.97. The van der Waals surface area contributed by atoms with E-state index in [9.17, 15) is 12.3 Å². The Bertz CT molecular complexity index is 1170. The van der Waals surface area contributed by atoms with Crippen molar-refractivity contribution in [2.24, 2.45) is 0 Å². The van der Waals surface area contributed by atoms with Gasteiger partial charge in [0.25, 0.3) is 0 Å². The van der Waals surface area contributed by atoms with Gasteiger partial charge in [0.15, 0.2) is 10.7 Å². The summed E-state index contributed by atoms with van der Waals surface area (Å²) < 4.78 is 42.8. The fourth-order valence-electron chi connectivity index (χ4n) is 2.80. The maximum absolute atomic E-state index is 14.0. The summed E-state index contributed by atoms with van der Waals surface area (Å²) >= 11 is 0. The number of benzene rings is 3. The molecule has 0 bridgehead atoms. The zero-order chi connectivity index (χ0) is 17.4. The summed E-state index contributed by atoms with van der Waals surface area (Å²) in [5.41, 5.74) is 0.881. The number of fused-ring (bicyclic) bond motifs is 1. The van der Waals surface area contributed by atoms with Gasteiger partial charge in [-0.3, -0.25) is 0 Å². The van der Waals surface area contributed by atoms with Crippen LogP contribution in [0.1, 0.15) is 0 Å². The van der Waals surface area contributed by atoms with Gasteiger partial charge in [0.1, 0.15) is 5.69 Å². The van der Waals surface area contributed by atoms with Crippen LogP contribution in [0.3, 0.4) is 0 Å². The summed E-state index contributed by atoms with van der Waals surface area (Å²) in [7, 11) is -5.03. The molecule has 0 atom stereocenters. The Kier molecular flexibility index (Phi) is 3.62. The molecule has 25 heavy (non-hydrogen) atoms. The van der Waals surface area contributed by atoms with Crippen molar-refractivity contribution in [2.75, 3.05) is 0 Å². The SMILES string of the molecule is O=S(=O)(F)c1c(-c2ccc3ccccc3c2)noc1-c1ccccc1. The average molecular weight is 353 g/mol. The van der Waals surface area contributed by atoms with Crippen LogP contribution in [0.2, 0.25) is 0 Å². The van der Waals surface area contributed by atoms with Crippen LogP contribution in [-0.2, 0) is 10.2 Å². The normalized spacial score (nSPS) is 11.7. The highest BCUT2D eigenvalue weighted by Crippen LogP contribution is 2.37. The van der Waals surface area contributed by atoms with E-state index in [4.69, 9.17) is 4.52 Å². The molecule has 0 aliphatic carbocycles. The van der Waals surface area contributed by atoms with Crippen LogP contribution in [0.15, 0.2) is 82.2 Å². The highest BCUT2D eigenvalue weighted by molar-refractivity contribution is 7.86. The first kappa shape index (κ1) is 15.5. The van der Waals surface area contributed by atoms with Gasteiger partial charge in [0.05, 0.1) is 0 Å². The minimum absolute atomic E-state index is 0.0351. The first-order chi connectivity index (χ1) is 12.0. The van der Waals surface area contributed by atoms with Gasteiger partial charge in [-0.15, -0.1) is 3.89 Å². The molecule has 0 amide bonds. The molecule has 0 aliphatic rings. The van der Waals surface area contributed by atoms with Crippen LogP contribution >= 0.6 is 0 Å². The molecule has 1 heterocycles. The third-order valence-corrected chi connectivity index (χ3v) is 4.82. The number of aromatic nitrogens is 1. The van der Waals surface area contributed by atoms with Gasteiger partial charge in [0, 0.05) is 11.1 Å². The van der Waals surface area contributed by atoms with E-state index in [1.807, 2.05) is 30.3 Å². The largest absolute Gasteiger partial charge is 0.354 e. The van der Waals surface area contributed by atoms with Crippen LogP contribution < -0.4 is 0 Å². The number of rotatable bonds is 3. The van der Waals surface area contributed by atoms with E-state index >= 15 is 0 Å². The van der Waals surface area contributed by atoms with Crippen molar-refractivity contribution < 1.29 is 16.8 Å². The Morgan fingerprint density at radius 2 is 1.48 bits per heavy atom. The standard InChI is InChI=1S/C19H12FNO3S/c20-25(22,23)19-17(21-24-18(19)14-7-2-1-3-8-14)16-11-10-13-6-4-5-9-15(13)12-16/h1-12H. The van der Waals surface area contributed by atoms with E-state index in [0.717, 1.165) is 10.8 Å². The molecule has 0 aliphatic heterocycles. The van der Waals surface area contributed by atoms with E-state index in [1.54, 1.807) is 42.5 Å². The molecule has 6 heteroatoms. The second kappa shape index (κ2) is 5.82. The van der Waals surface area contributed by atoms with Crippen molar-refractivity contribution in [3.63, 3.8) is 0 Å². The van der Waals surface area contributed by atoms with Crippen molar-refractivity contribution in [1.29, 1.82) is 0 Å². The molecule has 4 rings (SSSR count). The molecule has 0 fully saturated rings. The van der Waals surface area contributed by atoms with Gasteiger partial charge >= 0.3 is 10.2 Å². The summed E-state index contributed by atoms with van der Waals surface area (Å²) in [4.78, 5) is -0.547. The number of hydrogen-bond donors (Lipinski definition) is 0. The molecule has 0 unspecified atom stereocenters. The van der Waals surface area contributed by atoms with Crippen molar-refractivity contribution in [1.82, 2.24) is 5.16 Å². The Morgan fingerprint density at radius 3 is 2.20 bits per heavy atom. The van der Waals surface area contributed by atoms with E-state index in [-0.39, 0.29) is 11.5 Å². The van der Waals surface area contributed by atoms with Crippen LogP contribution in [-0.4, -0.2) is 13.6 Å². The molecule has 1 aromatic heterocycles. The zero-order valence-electron chi connectivity index (χ0n) is 12.9. The monoisotopic (exact) mass is 353 g/mol. The highest BCUT2D eigenvalue weighted by atomic mass is 32.3. The molecule has 0 radical (unpaired) electrons. The fourth-order valence-corrected chi connectivity index (χ4v) is 3.56. The van der Waals surface area contributed by atoms with Crippen molar-refractivity contribution in [2.45, 2.75) is 4.90 Å².